The van der Waals surface area contributed by atoms with Gasteiger partial charge in [-0.25, -0.2) is 9.97 Å². The topological polar surface area (TPSA) is 41.1 Å². The number of aromatic nitrogens is 2. The Bertz CT molecular complexity index is 490. The Balaban J connectivity index is 2.22. The summed E-state index contributed by atoms with van der Waals surface area (Å²) in [5.74, 6) is 3.71. The maximum absolute atomic E-state index is 4.71. The van der Waals surface area contributed by atoms with Crippen LogP contribution in [0.2, 0.25) is 0 Å². The lowest BCUT2D eigenvalue weighted by Crippen LogP contribution is -2.27. The van der Waals surface area contributed by atoms with Crippen LogP contribution in [0.3, 0.4) is 0 Å². The molecule has 0 radical (unpaired) electrons. The Hall–Kier alpha value is -1.32. The van der Waals surface area contributed by atoms with E-state index in [4.69, 9.17) is 4.98 Å². The second-order valence-corrected chi connectivity index (χ2v) is 7.29. The first kappa shape index (κ1) is 16.1. The molecule has 1 aromatic rings. The van der Waals surface area contributed by atoms with Crippen LogP contribution in [0, 0.1) is 25.2 Å². The molecule has 0 saturated carbocycles. The summed E-state index contributed by atoms with van der Waals surface area (Å²) in [6.07, 6.45) is 2.36. The summed E-state index contributed by atoms with van der Waals surface area (Å²) < 4.78 is 0. The molecule has 1 aromatic heterocycles. The van der Waals surface area contributed by atoms with Crippen LogP contribution in [0.5, 0.6) is 0 Å². The van der Waals surface area contributed by atoms with Gasteiger partial charge in [0.15, 0.2) is 0 Å². The number of aryl methyl sites for hydroxylation is 1. The molecule has 0 aliphatic carbocycles. The Morgan fingerprint density at radius 1 is 1.24 bits per heavy atom. The third-order valence-electron chi connectivity index (χ3n) is 4.49. The fraction of sp³-hybridized carbons (Fsp3) is 0.765. The van der Waals surface area contributed by atoms with Crippen LogP contribution in [0.25, 0.3) is 0 Å². The molecule has 21 heavy (non-hydrogen) atoms. The number of hydrogen-bond donors (Lipinski definition) is 1. The van der Waals surface area contributed by atoms with Crippen LogP contribution in [0.4, 0.5) is 11.6 Å². The molecule has 1 fully saturated rings. The molecule has 0 bridgehead atoms. The van der Waals surface area contributed by atoms with Crippen molar-refractivity contribution in [3.63, 3.8) is 0 Å². The van der Waals surface area contributed by atoms with Crippen molar-refractivity contribution in [2.24, 2.45) is 11.3 Å². The maximum Gasteiger partial charge on any atom is 0.137 e. The fourth-order valence-corrected chi connectivity index (χ4v) is 3.00. The molecule has 0 aromatic carbocycles. The number of rotatable bonds is 4. The normalized spacial score (nSPS) is 19.1. The first-order chi connectivity index (χ1) is 9.82. The molecule has 1 saturated heterocycles. The van der Waals surface area contributed by atoms with Gasteiger partial charge < -0.3 is 10.2 Å². The smallest absolute Gasteiger partial charge is 0.137 e. The SMILES string of the molecule is CCCNc1nc(C)nc(N2CCC(C(C)(C)C)C2)c1C. The minimum atomic E-state index is 0.369. The van der Waals surface area contributed by atoms with Gasteiger partial charge >= 0.3 is 0 Å². The molecule has 1 atom stereocenters. The zero-order valence-electron chi connectivity index (χ0n) is 14.5. The van der Waals surface area contributed by atoms with E-state index >= 15 is 0 Å². The van der Waals surface area contributed by atoms with Crippen LogP contribution >= 0.6 is 0 Å². The van der Waals surface area contributed by atoms with Crippen molar-refractivity contribution in [2.45, 2.75) is 54.4 Å². The van der Waals surface area contributed by atoms with Gasteiger partial charge in [-0.3, -0.25) is 0 Å². The highest BCUT2D eigenvalue weighted by atomic mass is 15.2. The van der Waals surface area contributed by atoms with Gasteiger partial charge in [0.25, 0.3) is 0 Å². The van der Waals surface area contributed by atoms with Crippen molar-refractivity contribution in [2.75, 3.05) is 29.9 Å². The Morgan fingerprint density at radius 3 is 2.52 bits per heavy atom. The van der Waals surface area contributed by atoms with Gasteiger partial charge in [-0.05, 0) is 38.0 Å². The van der Waals surface area contributed by atoms with Gasteiger partial charge in [0.1, 0.15) is 17.5 Å². The van der Waals surface area contributed by atoms with Crippen molar-refractivity contribution in [3.05, 3.63) is 11.4 Å². The van der Waals surface area contributed by atoms with Crippen molar-refractivity contribution in [3.8, 4) is 0 Å². The molecule has 1 aliphatic rings. The van der Waals surface area contributed by atoms with E-state index in [0.29, 0.717) is 5.41 Å². The highest BCUT2D eigenvalue weighted by molar-refractivity contribution is 5.59. The first-order valence-electron chi connectivity index (χ1n) is 8.17. The molecule has 2 rings (SSSR count). The largest absolute Gasteiger partial charge is 0.370 e. The minimum Gasteiger partial charge on any atom is -0.370 e. The average Bonchev–Trinajstić information content (AvgIpc) is 2.88. The molecule has 2 heterocycles. The number of hydrogen-bond acceptors (Lipinski definition) is 4. The van der Waals surface area contributed by atoms with Gasteiger partial charge in [0.05, 0.1) is 0 Å². The van der Waals surface area contributed by atoms with Crippen LogP contribution in [-0.2, 0) is 0 Å². The molecule has 1 aliphatic heterocycles. The van der Waals surface area contributed by atoms with E-state index in [1.54, 1.807) is 0 Å². The Labute approximate surface area is 129 Å². The van der Waals surface area contributed by atoms with Crippen molar-refractivity contribution < 1.29 is 0 Å². The van der Waals surface area contributed by atoms with E-state index in [1.165, 1.54) is 12.0 Å². The molecule has 0 amide bonds. The lowest BCUT2D eigenvalue weighted by Gasteiger charge is -2.28. The van der Waals surface area contributed by atoms with Crippen molar-refractivity contribution in [1.29, 1.82) is 0 Å². The summed E-state index contributed by atoms with van der Waals surface area (Å²) in [6, 6.07) is 0. The monoisotopic (exact) mass is 290 g/mol. The molecule has 118 valence electrons. The molecule has 4 nitrogen and oxygen atoms in total. The summed E-state index contributed by atoms with van der Waals surface area (Å²) in [5.41, 5.74) is 1.55. The van der Waals surface area contributed by atoms with E-state index in [-0.39, 0.29) is 0 Å². The first-order valence-corrected chi connectivity index (χ1v) is 8.17. The summed E-state index contributed by atoms with van der Waals surface area (Å²) in [5, 5.41) is 3.43. The zero-order chi connectivity index (χ0) is 15.6. The number of nitrogens with one attached hydrogen (secondary N) is 1. The Morgan fingerprint density at radius 2 is 1.95 bits per heavy atom. The van der Waals surface area contributed by atoms with Crippen molar-refractivity contribution >= 4 is 11.6 Å². The second kappa shape index (κ2) is 6.20. The molecule has 1 N–H and O–H groups in total. The molecule has 0 spiro atoms. The van der Waals surface area contributed by atoms with Gasteiger partial charge in [-0.2, -0.15) is 0 Å². The highest BCUT2D eigenvalue weighted by Gasteiger charge is 2.33. The van der Waals surface area contributed by atoms with E-state index in [9.17, 15) is 0 Å². The highest BCUT2D eigenvalue weighted by Crippen LogP contribution is 2.36. The molecule has 4 heteroatoms. The Kier molecular flexibility index (Phi) is 4.74. The molecule has 1 unspecified atom stereocenters. The lowest BCUT2D eigenvalue weighted by molar-refractivity contribution is 0.263. The van der Waals surface area contributed by atoms with Crippen molar-refractivity contribution in [1.82, 2.24) is 9.97 Å². The summed E-state index contributed by atoms with van der Waals surface area (Å²) in [7, 11) is 0. The zero-order valence-corrected chi connectivity index (χ0v) is 14.5. The standard InChI is InChI=1S/C17H30N4/c1-7-9-18-15-12(2)16(20-13(3)19-15)21-10-8-14(11-21)17(4,5)6/h14H,7-11H2,1-6H3,(H,18,19,20). The number of nitrogens with zero attached hydrogens (tertiary/aromatic N) is 3. The van der Waals surface area contributed by atoms with Gasteiger partial charge in [0, 0.05) is 25.2 Å². The third kappa shape index (κ3) is 3.66. The van der Waals surface area contributed by atoms with Gasteiger partial charge in [-0.15, -0.1) is 0 Å². The quantitative estimate of drug-likeness (QED) is 0.916. The number of anilines is 2. The summed E-state index contributed by atoms with van der Waals surface area (Å²) in [4.78, 5) is 11.7. The minimum absolute atomic E-state index is 0.369. The van der Waals surface area contributed by atoms with Gasteiger partial charge in [0.2, 0.25) is 0 Å². The van der Waals surface area contributed by atoms with E-state index in [0.717, 1.165) is 49.4 Å². The summed E-state index contributed by atoms with van der Waals surface area (Å²) >= 11 is 0. The van der Waals surface area contributed by atoms with E-state index < -0.39 is 0 Å². The van der Waals surface area contributed by atoms with Crippen LogP contribution < -0.4 is 10.2 Å². The predicted octanol–water partition coefficient (Wildman–Crippen LogP) is 3.79. The van der Waals surface area contributed by atoms with E-state index in [2.05, 4.69) is 49.8 Å². The molecular formula is C17H30N4. The van der Waals surface area contributed by atoms with E-state index in [1.807, 2.05) is 6.92 Å². The third-order valence-corrected chi connectivity index (χ3v) is 4.49. The fourth-order valence-electron chi connectivity index (χ4n) is 3.00. The van der Waals surface area contributed by atoms with Crippen LogP contribution in [0.15, 0.2) is 0 Å². The predicted molar refractivity (Wildman–Crippen MR) is 90.1 cm³/mol. The second-order valence-electron chi connectivity index (χ2n) is 7.29. The van der Waals surface area contributed by atoms with Gasteiger partial charge in [-0.1, -0.05) is 27.7 Å². The van der Waals surface area contributed by atoms with Crippen LogP contribution in [0.1, 0.15) is 51.9 Å². The van der Waals surface area contributed by atoms with Crippen LogP contribution in [-0.4, -0.2) is 29.6 Å². The lowest BCUT2D eigenvalue weighted by atomic mass is 9.80. The summed E-state index contributed by atoms with van der Waals surface area (Å²) in [6.45, 7) is 16.5. The average molecular weight is 290 g/mol. The maximum atomic E-state index is 4.71. The molecular weight excluding hydrogens is 260 g/mol.